The van der Waals surface area contributed by atoms with Crippen LogP contribution in [0, 0.1) is 5.92 Å². The first-order valence-corrected chi connectivity index (χ1v) is 10.3. The summed E-state index contributed by atoms with van der Waals surface area (Å²) in [6, 6.07) is -0.347. The Morgan fingerprint density at radius 3 is 2.82 bits per heavy atom. The topological polar surface area (TPSA) is 103 Å². The Labute approximate surface area is 168 Å². The molecular formula is C21H36N4O3. The van der Waals surface area contributed by atoms with E-state index in [1.807, 2.05) is 20.8 Å². The fourth-order valence-corrected chi connectivity index (χ4v) is 4.00. The minimum absolute atomic E-state index is 0.103. The normalized spacial score (nSPS) is 24.1. The molecule has 2 rings (SSSR count). The molecule has 1 aromatic rings. The number of aromatic nitrogens is 2. The molecule has 0 aliphatic heterocycles. The summed E-state index contributed by atoms with van der Waals surface area (Å²) in [7, 11) is 0. The maximum Gasteiger partial charge on any atom is 0.407 e. The molecule has 0 bridgehead atoms. The molecule has 1 saturated carbocycles. The van der Waals surface area contributed by atoms with Gasteiger partial charge in [-0.1, -0.05) is 31.2 Å². The summed E-state index contributed by atoms with van der Waals surface area (Å²) < 4.78 is 10.7. The monoisotopic (exact) mass is 392 g/mol. The molecule has 1 aliphatic rings. The molecule has 0 aromatic carbocycles. The van der Waals surface area contributed by atoms with E-state index in [2.05, 4.69) is 35.9 Å². The van der Waals surface area contributed by atoms with Gasteiger partial charge in [-0.25, -0.2) is 4.79 Å². The van der Waals surface area contributed by atoms with Gasteiger partial charge in [-0.05, 0) is 65.2 Å². The van der Waals surface area contributed by atoms with E-state index in [0.717, 1.165) is 31.5 Å². The number of rotatable bonds is 7. The second-order valence-corrected chi connectivity index (χ2v) is 9.21. The van der Waals surface area contributed by atoms with E-state index in [-0.39, 0.29) is 11.5 Å². The van der Waals surface area contributed by atoms with Gasteiger partial charge < -0.3 is 20.3 Å². The van der Waals surface area contributed by atoms with Crippen LogP contribution >= 0.6 is 0 Å². The van der Waals surface area contributed by atoms with Crippen LogP contribution in [0.25, 0.3) is 0 Å². The average Bonchev–Trinajstić information content (AvgIpc) is 3.06. The Kier molecular flexibility index (Phi) is 7.26. The highest BCUT2D eigenvalue weighted by Crippen LogP contribution is 2.45. The van der Waals surface area contributed by atoms with Crippen molar-refractivity contribution in [1.29, 1.82) is 0 Å². The van der Waals surface area contributed by atoms with Gasteiger partial charge in [-0.15, -0.1) is 0 Å². The molecular weight excluding hydrogens is 356 g/mol. The van der Waals surface area contributed by atoms with Crippen molar-refractivity contribution in [1.82, 2.24) is 15.5 Å². The van der Waals surface area contributed by atoms with E-state index < -0.39 is 11.7 Å². The van der Waals surface area contributed by atoms with Gasteiger partial charge in [-0.3, -0.25) is 0 Å². The molecule has 3 N–H and O–H groups in total. The van der Waals surface area contributed by atoms with Gasteiger partial charge in [0, 0.05) is 12.0 Å². The maximum absolute atomic E-state index is 11.7. The zero-order valence-electron chi connectivity index (χ0n) is 18.0. The van der Waals surface area contributed by atoms with Crippen LogP contribution in [0.5, 0.6) is 0 Å². The van der Waals surface area contributed by atoms with Crippen molar-refractivity contribution in [3.8, 4) is 0 Å². The number of alkyl carbamates (subject to hydrolysis) is 1. The summed E-state index contributed by atoms with van der Waals surface area (Å²) in [5, 5.41) is 7.01. The molecule has 7 nitrogen and oxygen atoms in total. The van der Waals surface area contributed by atoms with Crippen molar-refractivity contribution in [3.63, 3.8) is 0 Å². The van der Waals surface area contributed by atoms with E-state index >= 15 is 0 Å². The van der Waals surface area contributed by atoms with Crippen LogP contribution in [-0.2, 0) is 10.2 Å². The van der Waals surface area contributed by atoms with Crippen LogP contribution in [0.2, 0.25) is 0 Å². The third-order valence-corrected chi connectivity index (χ3v) is 5.23. The van der Waals surface area contributed by atoms with Crippen molar-refractivity contribution in [2.75, 3.05) is 6.54 Å². The van der Waals surface area contributed by atoms with Gasteiger partial charge in [0.1, 0.15) is 5.60 Å². The first-order chi connectivity index (χ1) is 13.0. The predicted octanol–water partition coefficient (Wildman–Crippen LogP) is 4.40. The van der Waals surface area contributed by atoms with Crippen LogP contribution < -0.4 is 11.1 Å². The molecule has 1 heterocycles. The molecule has 28 heavy (non-hydrogen) atoms. The zero-order valence-corrected chi connectivity index (χ0v) is 18.0. The molecule has 3 atom stereocenters. The first-order valence-electron chi connectivity index (χ1n) is 10.3. The highest BCUT2D eigenvalue weighted by molar-refractivity contribution is 5.67. The summed E-state index contributed by atoms with van der Waals surface area (Å²) in [6.07, 6.45) is 4.88. The molecule has 0 radical (unpaired) electrons. The number of nitrogens with zero attached hydrogens (tertiary/aromatic N) is 2. The Morgan fingerprint density at radius 2 is 2.21 bits per heavy atom. The third-order valence-electron chi connectivity index (χ3n) is 5.23. The van der Waals surface area contributed by atoms with Crippen LogP contribution in [0.3, 0.4) is 0 Å². The largest absolute Gasteiger partial charge is 0.444 e. The van der Waals surface area contributed by atoms with Gasteiger partial charge in [0.25, 0.3) is 0 Å². The van der Waals surface area contributed by atoms with Crippen LogP contribution in [0.1, 0.15) is 90.9 Å². The molecule has 2 unspecified atom stereocenters. The summed E-state index contributed by atoms with van der Waals surface area (Å²) in [4.78, 5) is 16.3. The number of hydrogen-bond donors (Lipinski definition) is 2. The summed E-state index contributed by atoms with van der Waals surface area (Å²) >= 11 is 0. The Bertz CT molecular complexity index is 679. The fraction of sp³-hybridized carbons (Fsp3) is 0.762. The molecule has 0 saturated heterocycles. The molecule has 1 aromatic heterocycles. The molecule has 7 heteroatoms. The van der Waals surface area contributed by atoms with Crippen molar-refractivity contribution in [3.05, 3.63) is 23.9 Å². The van der Waals surface area contributed by atoms with Gasteiger partial charge in [-0.2, -0.15) is 4.98 Å². The maximum atomic E-state index is 11.7. The smallest absolute Gasteiger partial charge is 0.407 e. The number of allylic oxidation sites excluding steroid dienone is 1. The number of nitrogens with one attached hydrogen (secondary N) is 1. The summed E-state index contributed by atoms with van der Waals surface area (Å²) in [5.41, 5.74) is 6.89. The van der Waals surface area contributed by atoms with Crippen LogP contribution in [0.15, 0.2) is 16.7 Å². The van der Waals surface area contributed by atoms with E-state index in [9.17, 15) is 4.79 Å². The lowest BCUT2D eigenvalue weighted by Crippen LogP contribution is -2.34. The van der Waals surface area contributed by atoms with Crippen LogP contribution in [0.4, 0.5) is 4.79 Å². The van der Waals surface area contributed by atoms with Crippen LogP contribution in [-0.4, -0.2) is 28.4 Å². The number of nitrogens with two attached hydrogens (primary N) is 1. The standard InChI is InChI=1S/C21H36N4O3/c1-7-21(12-14(2)11-15(3)13-21)18-24-17(28-25-18)16(22)9-8-10-23-19(26)27-20(4,5)6/h15-16H,2,7-13,22H2,1,3-6H3,(H,23,26)/t15?,16-,21?/m0/s1. The van der Waals surface area contributed by atoms with Gasteiger partial charge in [0.05, 0.1) is 6.04 Å². The molecule has 1 fully saturated rings. The van der Waals surface area contributed by atoms with Gasteiger partial charge in [0.2, 0.25) is 5.89 Å². The lowest BCUT2D eigenvalue weighted by Gasteiger charge is -2.38. The summed E-state index contributed by atoms with van der Waals surface area (Å²) in [6.45, 7) is 14.6. The quantitative estimate of drug-likeness (QED) is 0.526. The third kappa shape index (κ3) is 6.06. The van der Waals surface area contributed by atoms with Crippen molar-refractivity contribution in [2.45, 2.75) is 90.2 Å². The SMILES string of the molecule is C=C1CC(C)CC(CC)(c2noc([C@@H](N)CCCNC(=O)OC(C)(C)C)n2)C1. The number of amides is 1. The Morgan fingerprint density at radius 1 is 1.50 bits per heavy atom. The van der Waals surface area contributed by atoms with Crippen molar-refractivity contribution in [2.24, 2.45) is 11.7 Å². The zero-order chi connectivity index (χ0) is 20.9. The average molecular weight is 393 g/mol. The van der Waals surface area contributed by atoms with E-state index in [4.69, 9.17) is 15.0 Å². The second kappa shape index (κ2) is 9.07. The fourth-order valence-electron chi connectivity index (χ4n) is 4.00. The Balaban J connectivity index is 1.89. The summed E-state index contributed by atoms with van der Waals surface area (Å²) in [5.74, 6) is 1.78. The van der Waals surface area contributed by atoms with Crippen molar-refractivity contribution >= 4 is 6.09 Å². The van der Waals surface area contributed by atoms with E-state index in [0.29, 0.717) is 31.2 Å². The molecule has 0 spiro atoms. The van der Waals surface area contributed by atoms with E-state index in [1.165, 1.54) is 5.57 Å². The first kappa shape index (κ1) is 22.4. The van der Waals surface area contributed by atoms with Crippen molar-refractivity contribution < 1.29 is 14.1 Å². The number of ether oxygens (including phenoxy) is 1. The molecule has 158 valence electrons. The van der Waals surface area contributed by atoms with Gasteiger partial charge >= 0.3 is 6.09 Å². The highest BCUT2D eigenvalue weighted by atomic mass is 16.6. The molecule has 1 aliphatic carbocycles. The van der Waals surface area contributed by atoms with Gasteiger partial charge in [0.15, 0.2) is 5.82 Å². The second-order valence-electron chi connectivity index (χ2n) is 9.21. The van der Waals surface area contributed by atoms with E-state index in [1.54, 1.807) is 0 Å². The number of hydrogen-bond acceptors (Lipinski definition) is 6. The predicted molar refractivity (Wildman–Crippen MR) is 109 cm³/mol. The number of carbonyl (C=O) groups is 1. The Hall–Kier alpha value is -1.89. The lowest BCUT2D eigenvalue weighted by atomic mass is 9.66. The number of carbonyl (C=O) groups excluding carboxylic acids is 1. The minimum atomic E-state index is -0.502. The highest BCUT2D eigenvalue weighted by Gasteiger charge is 2.40. The molecule has 1 amide bonds. The minimum Gasteiger partial charge on any atom is -0.444 e. The lowest BCUT2D eigenvalue weighted by molar-refractivity contribution is 0.0526.